The summed E-state index contributed by atoms with van der Waals surface area (Å²) in [6, 6.07) is 6.67. The molecule has 0 heterocycles. The second-order valence-electron chi connectivity index (χ2n) is 3.48. The summed E-state index contributed by atoms with van der Waals surface area (Å²) < 4.78 is 4.47. The number of anilines is 1. The first kappa shape index (κ1) is 13.8. The van der Waals surface area contributed by atoms with Gasteiger partial charge in [0.25, 0.3) is 0 Å². The number of carbonyl (C=O) groups is 2. The van der Waals surface area contributed by atoms with Crippen molar-refractivity contribution in [2.24, 2.45) is 5.73 Å². The molecule has 0 unspecified atom stereocenters. The summed E-state index contributed by atoms with van der Waals surface area (Å²) in [6.45, 7) is 0.562. The predicted octanol–water partition coefficient (Wildman–Crippen LogP) is 0.580. The lowest BCUT2D eigenvalue weighted by molar-refractivity contribution is 0.187. The van der Waals surface area contributed by atoms with Gasteiger partial charge in [-0.25, -0.2) is 15.0 Å². The third-order valence-electron chi connectivity index (χ3n) is 2.14. The highest BCUT2D eigenvalue weighted by molar-refractivity contribution is 5.84. The second-order valence-corrected chi connectivity index (χ2v) is 3.48. The molecule has 0 radical (unpaired) electrons. The summed E-state index contributed by atoms with van der Waals surface area (Å²) in [5, 5.41) is 2.55. The van der Waals surface area contributed by atoms with Crippen LogP contribution in [0.3, 0.4) is 0 Å². The number of rotatable bonds is 5. The van der Waals surface area contributed by atoms with E-state index in [0.717, 1.165) is 12.0 Å². The van der Waals surface area contributed by atoms with Crippen molar-refractivity contribution in [3.63, 3.8) is 0 Å². The number of amides is 3. The molecule has 0 aliphatic carbocycles. The maximum Gasteiger partial charge on any atom is 0.411 e. The molecule has 98 valence electrons. The fourth-order valence-corrected chi connectivity index (χ4v) is 1.28. The van der Waals surface area contributed by atoms with Crippen LogP contribution in [0.5, 0.6) is 0 Å². The van der Waals surface area contributed by atoms with Crippen LogP contribution >= 0.6 is 0 Å². The van der Waals surface area contributed by atoms with Gasteiger partial charge in [0.2, 0.25) is 0 Å². The lowest BCUT2D eigenvalue weighted by Gasteiger charge is -2.06. The van der Waals surface area contributed by atoms with Crippen LogP contribution in [0, 0.1) is 0 Å². The summed E-state index contributed by atoms with van der Waals surface area (Å²) in [5.74, 6) is 0. The van der Waals surface area contributed by atoms with Crippen molar-refractivity contribution in [2.75, 3.05) is 19.0 Å². The second kappa shape index (κ2) is 7.13. The average molecular weight is 252 g/mol. The van der Waals surface area contributed by atoms with E-state index in [9.17, 15) is 9.59 Å². The minimum Gasteiger partial charge on any atom is -0.453 e. The van der Waals surface area contributed by atoms with Gasteiger partial charge in [0, 0.05) is 12.2 Å². The molecule has 1 aromatic carbocycles. The Hall–Kier alpha value is -2.28. The third kappa shape index (κ3) is 5.17. The Morgan fingerprint density at radius 3 is 2.50 bits per heavy atom. The third-order valence-corrected chi connectivity index (χ3v) is 2.14. The zero-order valence-corrected chi connectivity index (χ0v) is 10.0. The molecule has 0 saturated heterocycles. The van der Waals surface area contributed by atoms with Gasteiger partial charge in [-0.15, -0.1) is 0 Å². The SMILES string of the molecule is COC(=O)Nc1ccc(CCNNC(N)=O)cc1. The Morgan fingerprint density at radius 1 is 1.28 bits per heavy atom. The molecule has 0 bridgehead atoms. The van der Waals surface area contributed by atoms with Gasteiger partial charge in [-0.1, -0.05) is 12.1 Å². The van der Waals surface area contributed by atoms with E-state index in [-0.39, 0.29) is 0 Å². The van der Waals surface area contributed by atoms with Gasteiger partial charge < -0.3 is 10.5 Å². The smallest absolute Gasteiger partial charge is 0.411 e. The number of hydrogen-bond donors (Lipinski definition) is 4. The van der Waals surface area contributed by atoms with Crippen molar-refractivity contribution < 1.29 is 14.3 Å². The van der Waals surface area contributed by atoms with E-state index in [1.165, 1.54) is 7.11 Å². The van der Waals surface area contributed by atoms with E-state index in [1.54, 1.807) is 12.1 Å². The van der Waals surface area contributed by atoms with Crippen molar-refractivity contribution in [3.05, 3.63) is 29.8 Å². The summed E-state index contributed by atoms with van der Waals surface area (Å²) in [6.07, 6.45) is 0.216. The van der Waals surface area contributed by atoms with Crippen LogP contribution < -0.4 is 21.9 Å². The normalized spacial score (nSPS) is 9.61. The Balaban J connectivity index is 2.36. The highest BCUT2D eigenvalue weighted by atomic mass is 16.5. The van der Waals surface area contributed by atoms with Crippen molar-refractivity contribution in [3.8, 4) is 0 Å². The lowest BCUT2D eigenvalue weighted by Crippen LogP contribution is -2.41. The standard InChI is InChI=1S/C11H16N4O3/c1-18-11(17)14-9-4-2-8(3-5-9)6-7-13-15-10(12)16/h2-5,13H,6-7H2,1H3,(H,14,17)(H3,12,15,16). The minimum absolute atomic E-state index is 0.505. The van der Waals surface area contributed by atoms with E-state index in [2.05, 4.69) is 20.9 Å². The fourth-order valence-electron chi connectivity index (χ4n) is 1.28. The van der Waals surface area contributed by atoms with E-state index in [0.29, 0.717) is 12.2 Å². The molecule has 0 atom stereocenters. The van der Waals surface area contributed by atoms with Crippen LogP contribution in [-0.2, 0) is 11.2 Å². The molecular formula is C11H16N4O3. The van der Waals surface area contributed by atoms with Crippen LogP contribution in [0.2, 0.25) is 0 Å². The first-order valence-corrected chi connectivity index (χ1v) is 5.34. The van der Waals surface area contributed by atoms with Crippen LogP contribution in [0.1, 0.15) is 5.56 Å². The quantitative estimate of drug-likeness (QED) is 0.454. The molecule has 0 aliphatic heterocycles. The van der Waals surface area contributed by atoms with Crippen LogP contribution in [-0.4, -0.2) is 25.8 Å². The summed E-state index contributed by atoms with van der Waals surface area (Å²) in [5.41, 5.74) is 11.6. The zero-order chi connectivity index (χ0) is 13.4. The number of nitrogens with one attached hydrogen (secondary N) is 3. The molecule has 0 fully saturated rings. The average Bonchev–Trinajstić information content (AvgIpc) is 2.36. The number of methoxy groups -OCH3 is 1. The fraction of sp³-hybridized carbons (Fsp3) is 0.273. The lowest BCUT2D eigenvalue weighted by atomic mass is 10.1. The van der Waals surface area contributed by atoms with Crippen LogP contribution in [0.4, 0.5) is 15.3 Å². The number of benzene rings is 1. The first-order chi connectivity index (χ1) is 8.61. The van der Waals surface area contributed by atoms with Gasteiger partial charge in [-0.2, -0.15) is 0 Å². The number of primary amides is 1. The van der Waals surface area contributed by atoms with E-state index < -0.39 is 12.1 Å². The van der Waals surface area contributed by atoms with E-state index in [1.807, 2.05) is 12.1 Å². The molecule has 0 spiro atoms. The van der Waals surface area contributed by atoms with Gasteiger partial charge >= 0.3 is 12.1 Å². The molecule has 18 heavy (non-hydrogen) atoms. The summed E-state index contributed by atoms with van der Waals surface area (Å²) >= 11 is 0. The van der Waals surface area contributed by atoms with Gasteiger partial charge in [0.05, 0.1) is 7.11 Å². The van der Waals surface area contributed by atoms with Gasteiger partial charge in [-0.3, -0.25) is 10.7 Å². The minimum atomic E-state index is -0.618. The van der Waals surface area contributed by atoms with Gasteiger partial charge in [0.1, 0.15) is 0 Å². The van der Waals surface area contributed by atoms with Gasteiger partial charge in [0.15, 0.2) is 0 Å². The zero-order valence-electron chi connectivity index (χ0n) is 10.0. The van der Waals surface area contributed by atoms with Gasteiger partial charge in [-0.05, 0) is 24.1 Å². The maximum absolute atomic E-state index is 10.9. The van der Waals surface area contributed by atoms with E-state index in [4.69, 9.17) is 5.73 Å². The number of urea groups is 1. The Kier molecular flexibility index (Phi) is 5.46. The van der Waals surface area contributed by atoms with Crippen LogP contribution in [0.15, 0.2) is 24.3 Å². The molecule has 0 aromatic heterocycles. The summed E-state index contributed by atoms with van der Waals surface area (Å²) in [4.78, 5) is 21.3. The molecule has 7 nitrogen and oxygen atoms in total. The topological polar surface area (TPSA) is 105 Å². The molecule has 0 saturated carbocycles. The predicted molar refractivity (Wildman–Crippen MR) is 66.9 cm³/mol. The molecule has 0 aliphatic rings. The number of hydrazine groups is 1. The number of carbonyl (C=O) groups excluding carboxylic acids is 2. The molecular weight excluding hydrogens is 236 g/mol. The van der Waals surface area contributed by atoms with Crippen molar-refractivity contribution in [1.82, 2.24) is 10.9 Å². The maximum atomic E-state index is 10.9. The van der Waals surface area contributed by atoms with Crippen LogP contribution in [0.25, 0.3) is 0 Å². The summed E-state index contributed by atoms with van der Waals surface area (Å²) in [7, 11) is 1.31. The molecule has 1 rings (SSSR count). The highest BCUT2D eigenvalue weighted by Crippen LogP contribution is 2.09. The molecule has 5 N–H and O–H groups in total. The first-order valence-electron chi connectivity index (χ1n) is 5.34. The number of ether oxygens (including phenoxy) is 1. The van der Waals surface area contributed by atoms with Crippen molar-refractivity contribution in [2.45, 2.75) is 6.42 Å². The molecule has 1 aromatic rings. The molecule has 3 amide bonds. The van der Waals surface area contributed by atoms with E-state index >= 15 is 0 Å². The van der Waals surface area contributed by atoms with Crippen molar-refractivity contribution >= 4 is 17.8 Å². The van der Waals surface area contributed by atoms with Crippen molar-refractivity contribution in [1.29, 1.82) is 0 Å². The number of nitrogens with two attached hydrogens (primary N) is 1. The largest absolute Gasteiger partial charge is 0.453 e. The number of hydrogen-bond acceptors (Lipinski definition) is 4. The Morgan fingerprint density at radius 2 is 1.94 bits per heavy atom. The Labute approximate surface area is 105 Å². The Bertz CT molecular complexity index is 405. The highest BCUT2D eigenvalue weighted by Gasteiger charge is 2.00. The molecule has 7 heteroatoms. The monoisotopic (exact) mass is 252 g/mol.